The van der Waals surface area contributed by atoms with Gasteiger partial charge in [-0.3, -0.25) is 0 Å². The molecule has 0 radical (unpaired) electrons. The third-order valence-corrected chi connectivity index (χ3v) is 5.57. The van der Waals surface area contributed by atoms with Crippen LogP contribution in [0.2, 0.25) is 0 Å². The quantitative estimate of drug-likeness (QED) is 0.678. The lowest BCUT2D eigenvalue weighted by atomic mass is 9.71. The third-order valence-electron chi connectivity index (χ3n) is 4.85. The minimum Gasteiger partial charge on any atom is -0.316 e. The third kappa shape index (κ3) is 3.97. The summed E-state index contributed by atoms with van der Waals surface area (Å²) < 4.78 is 1.32. The van der Waals surface area contributed by atoms with E-state index in [0.717, 1.165) is 5.92 Å². The van der Waals surface area contributed by atoms with E-state index in [2.05, 4.69) is 73.1 Å². The Hall–Kier alpha value is -0.0900. The number of hydrogen-bond acceptors (Lipinski definition) is 1. The van der Waals surface area contributed by atoms with Crippen molar-refractivity contribution in [1.82, 2.24) is 5.32 Å². The van der Waals surface area contributed by atoms with Crippen molar-refractivity contribution in [2.45, 2.75) is 58.4 Å². The number of hydrogen-bond donors (Lipinski definition) is 1. The smallest absolute Gasteiger partial charge is 0.0161 e. The highest BCUT2D eigenvalue weighted by molar-refractivity contribution is 14.1. The Kier molecular flexibility index (Phi) is 5.91. The van der Waals surface area contributed by atoms with Crippen molar-refractivity contribution >= 4 is 22.6 Å². The predicted octanol–water partition coefficient (Wildman–Crippen LogP) is 5.03. The molecule has 0 spiro atoms. The van der Waals surface area contributed by atoms with Crippen LogP contribution >= 0.6 is 22.6 Å². The lowest BCUT2D eigenvalue weighted by molar-refractivity contribution is 0.160. The molecule has 112 valence electrons. The van der Waals surface area contributed by atoms with E-state index in [9.17, 15) is 0 Å². The summed E-state index contributed by atoms with van der Waals surface area (Å²) in [5.74, 6) is 0.792. The normalized spacial score (nSPS) is 19.4. The lowest BCUT2D eigenvalue weighted by Crippen LogP contribution is -2.44. The van der Waals surface area contributed by atoms with Gasteiger partial charge in [0.15, 0.2) is 0 Å². The molecule has 1 fully saturated rings. The van der Waals surface area contributed by atoms with Crippen LogP contribution in [-0.2, 0) is 6.42 Å². The van der Waals surface area contributed by atoms with Gasteiger partial charge >= 0.3 is 0 Å². The molecule has 1 aromatic carbocycles. The van der Waals surface area contributed by atoms with Gasteiger partial charge in [-0.15, -0.1) is 0 Å². The first kappa shape index (κ1) is 16.3. The van der Waals surface area contributed by atoms with Crippen LogP contribution in [0, 0.1) is 14.9 Å². The largest absolute Gasteiger partial charge is 0.316 e. The van der Waals surface area contributed by atoms with E-state index in [1.807, 2.05) is 0 Å². The fourth-order valence-electron chi connectivity index (χ4n) is 4.07. The average molecular weight is 385 g/mol. The van der Waals surface area contributed by atoms with Crippen molar-refractivity contribution in [1.29, 1.82) is 0 Å². The molecular formula is C18H28IN. The first-order valence-corrected chi connectivity index (χ1v) is 9.05. The highest BCUT2D eigenvalue weighted by atomic mass is 127. The maximum atomic E-state index is 3.65. The summed E-state index contributed by atoms with van der Waals surface area (Å²) in [6, 6.07) is 9.67. The van der Waals surface area contributed by atoms with E-state index < -0.39 is 0 Å². The van der Waals surface area contributed by atoms with Crippen molar-refractivity contribution in [3.63, 3.8) is 0 Å². The molecule has 0 aromatic heterocycles. The molecule has 1 atom stereocenters. The molecule has 1 saturated carbocycles. The van der Waals surface area contributed by atoms with Crippen molar-refractivity contribution in [2.75, 3.05) is 7.05 Å². The van der Waals surface area contributed by atoms with Crippen molar-refractivity contribution in [3.8, 4) is 0 Å². The maximum Gasteiger partial charge on any atom is 0.0161 e. The topological polar surface area (TPSA) is 12.0 Å². The number of rotatable bonds is 6. The van der Waals surface area contributed by atoms with Gasteiger partial charge < -0.3 is 5.32 Å². The zero-order chi connectivity index (χ0) is 14.6. The summed E-state index contributed by atoms with van der Waals surface area (Å²) in [5, 5.41) is 3.65. The molecule has 1 N–H and O–H groups in total. The van der Waals surface area contributed by atoms with Crippen LogP contribution in [0.1, 0.15) is 51.5 Å². The average Bonchev–Trinajstić information content (AvgIpc) is 2.86. The van der Waals surface area contributed by atoms with Gasteiger partial charge in [-0.25, -0.2) is 0 Å². The highest BCUT2D eigenvalue weighted by Crippen LogP contribution is 2.46. The van der Waals surface area contributed by atoms with E-state index in [1.165, 1.54) is 47.7 Å². The van der Waals surface area contributed by atoms with E-state index in [4.69, 9.17) is 0 Å². The summed E-state index contributed by atoms with van der Waals surface area (Å²) in [5.41, 5.74) is 1.99. The molecule has 0 amide bonds. The van der Waals surface area contributed by atoms with Crippen LogP contribution in [0.15, 0.2) is 24.3 Å². The Morgan fingerprint density at radius 2 is 1.75 bits per heavy atom. The molecule has 20 heavy (non-hydrogen) atoms. The summed E-state index contributed by atoms with van der Waals surface area (Å²) in [6.07, 6.45) is 8.17. The van der Waals surface area contributed by atoms with Crippen LogP contribution in [0.4, 0.5) is 0 Å². The maximum absolute atomic E-state index is 3.65. The van der Waals surface area contributed by atoms with E-state index in [-0.39, 0.29) is 0 Å². The molecule has 1 aromatic rings. The Balaban J connectivity index is 2.14. The van der Waals surface area contributed by atoms with Gasteiger partial charge in [0.1, 0.15) is 0 Å². The van der Waals surface area contributed by atoms with Gasteiger partial charge in [0.25, 0.3) is 0 Å². The molecular weight excluding hydrogens is 357 g/mol. The second kappa shape index (κ2) is 7.26. The van der Waals surface area contributed by atoms with E-state index in [0.29, 0.717) is 11.5 Å². The summed E-state index contributed by atoms with van der Waals surface area (Å²) in [4.78, 5) is 0. The van der Waals surface area contributed by atoms with Crippen LogP contribution in [0.3, 0.4) is 0 Å². The molecule has 0 saturated heterocycles. The van der Waals surface area contributed by atoms with Crippen molar-refractivity contribution < 1.29 is 0 Å². The zero-order valence-electron chi connectivity index (χ0n) is 13.1. The van der Waals surface area contributed by atoms with Gasteiger partial charge in [0.2, 0.25) is 0 Å². The van der Waals surface area contributed by atoms with Crippen LogP contribution < -0.4 is 5.32 Å². The summed E-state index contributed by atoms with van der Waals surface area (Å²) >= 11 is 2.38. The Labute approximate surface area is 138 Å². The molecule has 2 rings (SSSR count). The van der Waals surface area contributed by atoms with Crippen LogP contribution in [0.5, 0.6) is 0 Å². The Morgan fingerprint density at radius 3 is 2.25 bits per heavy atom. The number of halogens is 1. The molecule has 0 bridgehead atoms. The van der Waals surface area contributed by atoms with Gasteiger partial charge in [-0.1, -0.05) is 38.8 Å². The molecule has 0 heterocycles. The van der Waals surface area contributed by atoms with Gasteiger partial charge in [0.05, 0.1) is 0 Å². The van der Waals surface area contributed by atoms with Gasteiger partial charge in [0, 0.05) is 9.61 Å². The number of nitrogens with one attached hydrogen (secondary N) is 1. The Morgan fingerprint density at radius 1 is 1.15 bits per heavy atom. The van der Waals surface area contributed by atoms with Crippen molar-refractivity contribution in [2.24, 2.45) is 11.3 Å². The molecule has 1 unspecified atom stereocenters. The lowest BCUT2D eigenvalue weighted by Gasteiger charge is -2.39. The predicted molar refractivity (Wildman–Crippen MR) is 96.1 cm³/mol. The van der Waals surface area contributed by atoms with Crippen molar-refractivity contribution in [3.05, 3.63) is 33.4 Å². The minimum atomic E-state index is 0.520. The molecule has 1 aliphatic rings. The van der Waals surface area contributed by atoms with Crippen LogP contribution in [-0.4, -0.2) is 13.1 Å². The SMILES string of the molecule is CNC(Cc1ccc(I)cc1)C1(CC(C)C)CCCC1. The fraction of sp³-hybridized carbons (Fsp3) is 0.667. The first-order chi connectivity index (χ1) is 9.55. The molecule has 0 aliphatic heterocycles. The Bertz CT molecular complexity index is 404. The summed E-state index contributed by atoms with van der Waals surface area (Å²) in [7, 11) is 2.15. The molecule has 2 heteroatoms. The standard InChI is InChI=1S/C18H28IN/c1-14(2)13-18(10-4-5-11-18)17(20-3)12-15-6-8-16(19)9-7-15/h6-9,14,17,20H,4-5,10-13H2,1-3H3. The monoisotopic (exact) mass is 385 g/mol. The second-order valence-electron chi connectivity index (χ2n) is 6.84. The number of likely N-dealkylation sites (N-methyl/N-ethyl adjacent to an activating group) is 1. The highest BCUT2D eigenvalue weighted by Gasteiger charge is 2.40. The van der Waals surface area contributed by atoms with Gasteiger partial charge in [-0.2, -0.15) is 0 Å². The zero-order valence-corrected chi connectivity index (χ0v) is 15.2. The molecule has 1 aliphatic carbocycles. The second-order valence-corrected chi connectivity index (χ2v) is 8.08. The van der Waals surface area contributed by atoms with Gasteiger partial charge in [-0.05, 0) is 84.4 Å². The number of benzene rings is 1. The summed E-state index contributed by atoms with van der Waals surface area (Å²) in [6.45, 7) is 4.75. The minimum absolute atomic E-state index is 0.520. The van der Waals surface area contributed by atoms with Crippen LogP contribution in [0.25, 0.3) is 0 Å². The van der Waals surface area contributed by atoms with E-state index >= 15 is 0 Å². The van der Waals surface area contributed by atoms with E-state index in [1.54, 1.807) is 0 Å². The molecule has 1 nitrogen and oxygen atoms in total. The fourth-order valence-corrected chi connectivity index (χ4v) is 4.43. The first-order valence-electron chi connectivity index (χ1n) is 7.97.